The highest BCUT2D eigenvalue weighted by atomic mass is 35.5. The molecule has 24 heavy (non-hydrogen) atoms. The molecule has 0 aliphatic carbocycles. The van der Waals surface area contributed by atoms with Crippen molar-refractivity contribution in [1.82, 2.24) is 14.8 Å². The van der Waals surface area contributed by atoms with E-state index in [0.717, 1.165) is 34.2 Å². The number of benzene rings is 2. The van der Waals surface area contributed by atoms with E-state index in [9.17, 15) is 0 Å². The summed E-state index contributed by atoms with van der Waals surface area (Å²) >= 11 is 6.47. The molecule has 0 fully saturated rings. The number of hydrogen-bond donors (Lipinski definition) is 0. The molecule has 0 saturated carbocycles. The number of aryl methyl sites for hydroxylation is 1. The Balaban J connectivity index is 2.10. The molecule has 0 radical (unpaired) electrons. The van der Waals surface area contributed by atoms with Crippen molar-refractivity contribution in [1.29, 1.82) is 0 Å². The molecular formula is C19H17ClN4. The lowest BCUT2D eigenvalue weighted by Gasteiger charge is -2.18. The minimum Gasteiger partial charge on any atom is -0.280 e. The van der Waals surface area contributed by atoms with Gasteiger partial charge in [-0.15, -0.1) is 10.2 Å². The number of halogens is 1. The van der Waals surface area contributed by atoms with Crippen molar-refractivity contribution in [3.05, 3.63) is 76.3 Å². The predicted octanol–water partition coefficient (Wildman–Crippen LogP) is 4.32. The monoisotopic (exact) mass is 336 g/mol. The van der Waals surface area contributed by atoms with Crippen molar-refractivity contribution >= 4 is 17.3 Å². The average Bonchev–Trinajstić information content (AvgIpc) is 2.91. The Hall–Kier alpha value is -2.46. The summed E-state index contributed by atoms with van der Waals surface area (Å²) in [6, 6.07) is 16.0. The van der Waals surface area contributed by atoms with Gasteiger partial charge < -0.3 is 0 Å². The Kier molecular flexibility index (Phi) is 3.32. The zero-order chi connectivity index (χ0) is 16.9. The summed E-state index contributed by atoms with van der Waals surface area (Å²) in [5.41, 5.74) is 3.34. The number of aromatic nitrogens is 3. The van der Waals surface area contributed by atoms with Crippen LogP contribution < -0.4 is 0 Å². The highest BCUT2D eigenvalue weighted by molar-refractivity contribution is 6.35. The lowest BCUT2D eigenvalue weighted by Crippen LogP contribution is -2.20. The summed E-state index contributed by atoms with van der Waals surface area (Å²) in [4.78, 5) is 5.04. The maximum absolute atomic E-state index is 6.47. The number of para-hydroxylation sites is 1. The first-order valence-electron chi connectivity index (χ1n) is 7.86. The second-order valence-corrected chi connectivity index (χ2v) is 6.83. The van der Waals surface area contributed by atoms with E-state index in [1.54, 1.807) is 0 Å². The van der Waals surface area contributed by atoms with Gasteiger partial charge >= 0.3 is 0 Å². The van der Waals surface area contributed by atoms with E-state index in [-0.39, 0.29) is 0 Å². The normalized spacial score (nSPS) is 15.2. The molecule has 0 unspecified atom stereocenters. The number of fused-ring (bicyclic) bond motifs is 3. The van der Waals surface area contributed by atoms with Gasteiger partial charge in [0.05, 0.1) is 11.4 Å². The number of hydrogen-bond acceptors (Lipinski definition) is 3. The Bertz CT molecular complexity index is 969. The van der Waals surface area contributed by atoms with Gasteiger partial charge in [-0.25, -0.2) is 0 Å². The van der Waals surface area contributed by atoms with E-state index in [1.165, 1.54) is 0 Å². The van der Waals surface area contributed by atoms with Gasteiger partial charge in [-0.3, -0.25) is 9.56 Å². The minimum atomic E-state index is -0.519. The molecular weight excluding hydrogens is 320 g/mol. The van der Waals surface area contributed by atoms with E-state index in [2.05, 4.69) is 40.7 Å². The Morgan fingerprint density at radius 1 is 0.917 bits per heavy atom. The largest absolute Gasteiger partial charge is 0.280 e. The van der Waals surface area contributed by atoms with Crippen LogP contribution in [0.15, 0.2) is 53.5 Å². The first-order chi connectivity index (χ1) is 11.5. The summed E-state index contributed by atoms with van der Waals surface area (Å²) < 4.78 is 2.09. The molecule has 4 rings (SSSR count). The topological polar surface area (TPSA) is 43.1 Å². The fourth-order valence-corrected chi connectivity index (χ4v) is 3.39. The molecule has 5 heteroatoms. The van der Waals surface area contributed by atoms with E-state index in [1.807, 2.05) is 43.3 Å². The van der Waals surface area contributed by atoms with E-state index in [0.29, 0.717) is 5.02 Å². The maximum atomic E-state index is 6.47. The zero-order valence-corrected chi connectivity index (χ0v) is 14.5. The van der Waals surface area contributed by atoms with Gasteiger partial charge in [-0.05, 0) is 32.9 Å². The fraction of sp³-hybridized carbons (Fsp3) is 0.211. The van der Waals surface area contributed by atoms with Crippen LogP contribution >= 0.6 is 11.6 Å². The first kappa shape index (κ1) is 15.1. The van der Waals surface area contributed by atoms with Gasteiger partial charge in [0.2, 0.25) is 0 Å². The van der Waals surface area contributed by atoms with Crippen LogP contribution in [0.1, 0.15) is 36.6 Å². The highest BCUT2D eigenvalue weighted by Gasteiger charge is 2.33. The van der Waals surface area contributed by atoms with Crippen molar-refractivity contribution in [2.24, 2.45) is 4.99 Å². The lowest BCUT2D eigenvalue weighted by molar-refractivity contribution is 0.510. The molecule has 1 aliphatic rings. The molecule has 0 N–H and O–H groups in total. The third kappa shape index (κ3) is 2.18. The quantitative estimate of drug-likeness (QED) is 0.664. The second kappa shape index (κ2) is 5.28. The zero-order valence-electron chi connectivity index (χ0n) is 13.8. The summed E-state index contributed by atoms with van der Waals surface area (Å²) in [5.74, 6) is 1.68. The molecule has 1 aromatic heterocycles. The molecule has 0 saturated heterocycles. The van der Waals surface area contributed by atoms with Crippen LogP contribution in [0.2, 0.25) is 5.02 Å². The lowest BCUT2D eigenvalue weighted by atomic mass is 9.99. The molecule has 0 bridgehead atoms. The van der Waals surface area contributed by atoms with Gasteiger partial charge in [0.15, 0.2) is 5.82 Å². The number of aliphatic imine (C=N–C) groups is 1. The summed E-state index contributed by atoms with van der Waals surface area (Å²) in [7, 11) is 0. The summed E-state index contributed by atoms with van der Waals surface area (Å²) in [5, 5.41) is 9.35. The van der Waals surface area contributed by atoms with Crippen molar-refractivity contribution in [3.8, 4) is 5.69 Å². The van der Waals surface area contributed by atoms with Crippen molar-refractivity contribution in [2.45, 2.75) is 26.3 Å². The second-order valence-electron chi connectivity index (χ2n) is 6.42. The fourth-order valence-electron chi connectivity index (χ4n) is 3.16. The predicted molar refractivity (Wildman–Crippen MR) is 96.2 cm³/mol. The molecule has 2 heterocycles. The van der Waals surface area contributed by atoms with Crippen LogP contribution in [0, 0.1) is 6.92 Å². The van der Waals surface area contributed by atoms with E-state index in [4.69, 9.17) is 16.6 Å². The van der Waals surface area contributed by atoms with Crippen LogP contribution in [0.5, 0.6) is 0 Å². The number of rotatable bonds is 1. The average molecular weight is 337 g/mol. The van der Waals surface area contributed by atoms with Gasteiger partial charge in [-0.1, -0.05) is 48.0 Å². The van der Waals surface area contributed by atoms with Crippen molar-refractivity contribution < 1.29 is 0 Å². The molecule has 0 spiro atoms. The van der Waals surface area contributed by atoms with Crippen molar-refractivity contribution in [3.63, 3.8) is 0 Å². The highest BCUT2D eigenvalue weighted by Crippen LogP contribution is 2.35. The molecule has 120 valence electrons. The Morgan fingerprint density at radius 3 is 2.33 bits per heavy atom. The van der Waals surface area contributed by atoms with Crippen LogP contribution in [0.4, 0.5) is 0 Å². The maximum Gasteiger partial charge on any atom is 0.165 e. The van der Waals surface area contributed by atoms with Crippen LogP contribution in [-0.2, 0) is 5.54 Å². The smallest absolute Gasteiger partial charge is 0.165 e. The van der Waals surface area contributed by atoms with Gasteiger partial charge in [-0.2, -0.15) is 0 Å². The van der Waals surface area contributed by atoms with E-state index >= 15 is 0 Å². The van der Waals surface area contributed by atoms with Crippen molar-refractivity contribution in [2.75, 3.05) is 0 Å². The Labute approximate surface area is 145 Å². The molecule has 2 aromatic carbocycles. The molecule has 1 aliphatic heterocycles. The molecule has 0 amide bonds. The molecule has 3 aromatic rings. The van der Waals surface area contributed by atoms with E-state index < -0.39 is 5.54 Å². The third-order valence-electron chi connectivity index (χ3n) is 4.29. The Morgan fingerprint density at radius 2 is 1.58 bits per heavy atom. The van der Waals surface area contributed by atoms with Crippen LogP contribution in [0.3, 0.4) is 0 Å². The van der Waals surface area contributed by atoms with Crippen LogP contribution in [0.25, 0.3) is 5.69 Å². The number of nitrogens with zero attached hydrogens (tertiary/aromatic N) is 4. The van der Waals surface area contributed by atoms with Crippen LogP contribution in [-0.4, -0.2) is 20.5 Å². The standard InChI is InChI=1S/C19H17ClN4/c1-12-22-23-18-19(2,3)21-17(13-8-4-6-10-15(13)20)14-9-5-7-11-16(14)24(12)18/h4-11H,1-3H3. The summed E-state index contributed by atoms with van der Waals surface area (Å²) in [6.45, 7) is 6.06. The van der Waals surface area contributed by atoms with Gasteiger partial charge in [0.25, 0.3) is 0 Å². The molecule has 4 nitrogen and oxygen atoms in total. The van der Waals surface area contributed by atoms with Gasteiger partial charge in [0.1, 0.15) is 11.4 Å². The van der Waals surface area contributed by atoms with Gasteiger partial charge in [0, 0.05) is 16.1 Å². The third-order valence-corrected chi connectivity index (χ3v) is 4.62. The summed E-state index contributed by atoms with van der Waals surface area (Å²) in [6.07, 6.45) is 0. The molecule has 0 atom stereocenters. The first-order valence-corrected chi connectivity index (χ1v) is 8.24. The SMILES string of the molecule is Cc1nnc2n1-c1ccccc1C(c1ccccc1Cl)=NC2(C)C. The minimum absolute atomic E-state index is 0.519.